The predicted octanol–water partition coefficient (Wildman–Crippen LogP) is 2.00. The molecule has 0 aromatic heterocycles. The minimum absolute atomic E-state index is 0.0317. The molecule has 0 bridgehead atoms. The molecule has 1 aliphatic carbocycles. The van der Waals surface area contributed by atoms with Crippen LogP contribution in [-0.4, -0.2) is 41.4 Å². The molecule has 136 valence electrons. The maximum atomic E-state index is 12.5. The SMILES string of the molecule is NC1(C(=O)NC2CCN(C(=O)CCc3ccccc3)C2)CCCCC1. The maximum Gasteiger partial charge on any atom is 0.240 e. The van der Waals surface area contributed by atoms with E-state index in [1.54, 1.807) is 0 Å². The average Bonchev–Trinajstić information content (AvgIpc) is 3.10. The zero-order valence-corrected chi connectivity index (χ0v) is 14.9. The van der Waals surface area contributed by atoms with Crippen molar-refractivity contribution < 1.29 is 9.59 Å². The van der Waals surface area contributed by atoms with Gasteiger partial charge in [0.05, 0.1) is 5.54 Å². The van der Waals surface area contributed by atoms with Crippen LogP contribution in [0, 0.1) is 0 Å². The third kappa shape index (κ3) is 4.60. The van der Waals surface area contributed by atoms with Crippen LogP contribution in [0.2, 0.25) is 0 Å². The molecule has 1 aromatic rings. The zero-order chi connectivity index (χ0) is 17.7. The van der Waals surface area contributed by atoms with Gasteiger partial charge in [-0.1, -0.05) is 49.6 Å². The molecule has 1 heterocycles. The van der Waals surface area contributed by atoms with Crippen LogP contribution in [0.1, 0.15) is 50.5 Å². The fraction of sp³-hybridized carbons (Fsp3) is 0.600. The summed E-state index contributed by atoms with van der Waals surface area (Å²) in [6.45, 7) is 1.32. The van der Waals surface area contributed by atoms with Crippen LogP contribution in [0.4, 0.5) is 0 Å². The van der Waals surface area contributed by atoms with Crippen molar-refractivity contribution in [1.82, 2.24) is 10.2 Å². The third-order valence-corrected chi connectivity index (χ3v) is 5.54. The van der Waals surface area contributed by atoms with Gasteiger partial charge in [0, 0.05) is 25.6 Å². The number of likely N-dealkylation sites (tertiary alicyclic amines) is 1. The van der Waals surface area contributed by atoms with Crippen molar-refractivity contribution >= 4 is 11.8 Å². The van der Waals surface area contributed by atoms with Gasteiger partial charge < -0.3 is 16.0 Å². The summed E-state index contributed by atoms with van der Waals surface area (Å²) in [7, 11) is 0. The molecule has 25 heavy (non-hydrogen) atoms. The fourth-order valence-electron chi connectivity index (χ4n) is 3.90. The Morgan fingerprint density at radius 1 is 1.16 bits per heavy atom. The molecule has 0 spiro atoms. The molecular weight excluding hydrogens is 314 g/mol. The molecule has 3 N–H and O–H groups in total. The Balaban J connectivity index is 1.45. The van der Waals surface area contributed by atoms with E-state index in [0.29, 0.717) is 13.0 Å². The van der Waals surface area contributed by atoms with E-state index in [2.05, 4.69) is 5.32 Å². The van der Waals surface area contributed by atoms with Crippen molar-refractivity contribution in [3.8, 4) is 0 Å². The first-order valence-corrected chi connectivity index (χ1v) is 9.48. The van der Waals surface area contributed by atoms with E-state index in [1.165, 1.54) is 12.0 Å². The highest BCUT2D eigenvalue weighted by Crippen LogP contribution is 2.26. The molecule has 5 nitrogen and oxygen atoms in total. The van der Waals surface area contributed by atoms with E-state index in [-0.39, 0.29) is 17.9 Å². The fourth-order valence-corrected chi connectivity index (χ4v) is 3.90. The number of aryl methyl sites for hydroxylation is 1. The van der Waals surface area contributed by atoms with E-state index in [4.69, 9.17) is 5.73 Å². The van der Waals surface area contributed by atoms with Crippen molar-refractivity contribution in [3.05, 3.63) is 35.9 Å². The summed E-state index contributed by atoms with van der Waals surface area (Å²) < 4.78 is 0. The van der Waals surface area contributed by atoms with Crippen LogP contribution in [0.5, 0.6) is 0 Å². The molecule has 1 saturated carbocycles. The summed E-state index contributed by atoms with van der Waals surface area (Å²) >= 11 is 0. The number of carbonyl (C=O) groups excluding carboxylic acids is 2. The molecule has 1 unspecified atom stereocenters. The number of rotatable bonds is 5. The molecule has 1 aromatic carbocycles. The molecule has 1 atom stereocenters. The van der Waals surface area contributed by atoms with Crippen molar-refractivity contribution in [2.24, 2.45) is 5.73 Å². The highest BCUT2D eigenvalue weighted by Gasteiger charge is 2.37. The summed E-state index contributed by atoms with van der Waals surface area (Å²) in [6.07, 6.45) is 6.86. The van der Waals surface area contributed by atoms with E-state index in [9.17, 15) is 9.59 Å². The van der Waals surface area contributed by atoms with Crippen molar-refractivity contribution in [1.29, 1.82) is 0 Å². The van der Waals surface area contributed by atoms with Gasteiger partial charge in [-0.15, -0.1) is 0 Å². The van der Waals surface area contributed by atoms with Gasteiger partial charge in [0.1, 0.15) is 0 Å². The van der Waals surface area contributed by atoms with Gasteiger partial charge in [-0.05, 0) is 31.2 Å². The Hall–Kier alpha value is -1.88. The topological polar surface area (TPSA) is 75.4 Å². The summed E-state index contributed by atoms with van der Waals surface area (Å²) in [5.74, 6) is 0.136. The van der Waals surface area contributed by atoms with Gasteiger partial charge in [-0.3, -0.25) is 9.59 Å². The number of hydrogen-bond acceptors (Lipinski definition) is 3. The van der Waals surface area contributed by atoms with E-state index in [1.807, 2.05) is 35.2 Å². The second-order valence-corrected chi connectivity index (χ2v) is 7.50. The number of carbonyl (C=O) groups is 2. The number of nitrogens with zero attached hydrogens (tertiary/aromatic N) is 1. The summed E-state index contributed by atoms with van der Waals surface area (Å²) in [4.78, 5) is 26.8. The Labute approximate surface area is 150 Å². The molecule has 2 aliphatic rings. The smallest absolute Gasteiger partial charge is 0.240 e. The van der Waals surface area contributed by atoms with E-state index in [0.717, 1.165) is 45.1 Å². The van der Waals surface area contributed by atoms with E-state index < -0.39 is 5.54 Å². The van der Waals surface area contributed by atoms with Gasteiger partial charge in [0.15, 0.2) is 0 Å². The molecule has 1 aliphatic heterocycles. The lowest BCUT2D eigenvalue weighted by Crippen LogP contribution is -2.57. The summed E-state index contributed by atoms with van der Waals surface area (Å²) in [5, 5.41) is 3.09. The lowest BCUT2D eigenvalue weighted by molar-refractivity contribution is -0.131. The summed E-state index contributed by atoms with van der Waals surface area (Å²) in [6, 6.07) is 10.1. The number of nitrogens with two attached hydrogens (primary N) is 1. The van der Waals surface area contributed by atoms with Crippen LogP contribution in [-0.2, 0) is 16.0 Å². The maximum absolute atomic E-state index is 12.5. The Morgan fingerprint density at radius 2 is 1.88 bits per heavy atom. The number of benzene rings is 1. The Kier molecular flexibility index (Phi) is 5.74. The number of hydrogen-bond donors (Lipinski definition) is 2. The number of nitrogens with one attached hydrogen (secondary N) is 1. The summed E-state index contributed by atoms with van der Waals surface area (Å²) in [5.41, 5.74) is 6.77. The highest BCUT2D eigenvalue weighted by molar-refractivity contribution is 5.86. The highest BCUT2D eigenvalue weighted by atomic mass is 16.2. The monoisotopic (exact) mass is 343 g/mol. The third-order valence-electron chi connectivity index (χ3n) is 5.54. The molecular formula is C20H29N3O2. The van der Waals surface area contributed by atoms with Gasteiger partial charge in [-0.25, -0.2) is 0 Å². The lowest BCUT2D eigenvalue weighted by atomic mass is 9.82. The van der Waals surface area contributed by atoms with Gasteiger partial charge >= 0.3 is 0 Å². The molecule has 2 fully saturated rings. The zero-order valence-electron chi connectivity index (χ0n) is 14.9. The first kappa shape index (κ1) is 17.9. The molecule has 1 saturated heterocycles. The molecule has 3 rings (SSSR count). The molecule has 0 radical (unpaired) electrons. The average molecular weight is 343 g/mol. The van der Waals surface area contributed by atoms with E-state index >= 15 is 0 Å². The first-order chi connectivity index (χ1) is 12.1. The largest absolute Gasteiger partial charge is 0.350 e. The standard InChI is InChI=1S/C20H29N3O2/c21-20(12-5-2-6-13-20)19(25)22-17-11-14-23(15-17)18(24)10-9-16-7-3-1-4-8-16/h1,3-4,7-8,17H,2,5-6,9-15,21H2,(H,22,25). The molecule has 2 amide bonds. The minimum Gasteiger partial charge on any atom is -0.350 e. The van der Waals surface area contributed by atoms with Crippen LogP contribution in [0.3, 0.4) is 0 Å². The lowest BCUT2D eigenvalue weighted by Gasteiger charge is -2.33. The van der Waals surface area contributed by atoms with Crippen molar-refractivity contribution in [2.75, 3.05) is 13.1 Å². The van der Waals surface area contributed by atoms with Gasteiger partial charge in [-0.2, -0.15) is 0 Å². The van der Waals surface area contributed by atoms with Gasteiger partial charge in [0.2, 0.25) is 11.8 Å². The van der Waals surface area contributed by atoms with Crippen molar-refractivity contribution in [3.63, 3.8) is 0 Å². The second-order valence-electron chi connectivity index (χ2n) is 7.50. The van der Waals surface area contributed by atoms with Gasteiger partial charge in [0.25, 0.3) is 0 Å². The number of amides is 2. The predicted molar refractivity (Wildman–Crippen MR) is 97.9 cm³/mol. The van der Waals surface area contributed by atoms with Crippen LogP contribution in [0.25, 0.3) is 0 Å². The normalized spacial score (nSPS) is 22.6. The Bertz CT molecular complexity index is 596. The van der Waals surface area contributed by atoms with Crippen molar-refractivity contribution in [2.45, 2.75) is 62.9 Å². The quantitative estimate of drug-likeness (QED) is 0.858. The second kappa shape index (κ2) is 8.00. The first-order valence-electron chi connectivity index (χ1n) is 9.48. The molecule has 5 heteroatoms. The van der Waals surface area contributed by atoms with Crippen LogP contribution < -0.4 is 11.1 Å². The van der Waals surface area contributed by atoms with Crippen LogP contribution >= 0.6 is 0 Å². The Morgan fingerprint density at radius 3 is 2.60 bits per heavy atom. The minimum atomic E-state index is -0.705. The van der Waals surface area contributed by atoms with Crippen LogP contribution in [0.15, 0.2) is 30.3 Å².